The highest BCUT2D eigenvalue weighted by Gasteiger charge is 2.22. The van der Waals surface area contributed by atoms with E-state index in [4.69, 9.17) is 4.74 Å². The van der Waals surface area contributed by atoms with Gasteiger partial charge >= 0.3 is 0 Å². The maximum absolute atomic E-state index is 9.25. The summed E-state index contributed by atoms with van der Waals surface area (Å²) in [5.41, 5.74) is 2.07. The zero-order valence-corrected chi connectivity index (χ0v) is 12.0. The van der Waals surface area contributed by atoms with E-state index in [1.165, 1.54) is 0 Å². The lowest BCUT2D eigenvalue weighted by Gasteiger charge is -2.16. The van der Waals surface area contributed by atoms with Crippen LogP contribution in [0.5, 0.6) is 5.75 Å². The molecular weight excluding hydrogens is 252 g/mol. The summed E-state index contributed by atoms with van der Waals surface area (Å²) in [4.78, 5) is 0. The van der Waals surface area contributed by atoms with Crippen LogP contribution < -0.4 is 4.74 Å². The largest absolute Gasteiger partial charge is 0.494 e. The molecule has 0 spiro atoms. The molecule has 0 aliphatic heterocycles. The standard InChI is InChI=1S/C15H18N4O/c1-4-11(5-2)15-12(10-16)17-18-19(15)13-8-6-7-9-14(13)20-3/h6-9,11H,4-5H2,1-3H3. The monoisotopic (exact) mass is 270 g/mol. The Kier molecular flexibility index (Phi) is 4.36. The lowest BCUT2D eigenvalue weighted by atomic mass is 9.97. The number of hydrogen-bond acceptors (Lipinski definition) is 4. The van der Waals surface area contributed by atoms with Crippen molar-refractivity contribution in [3.05, 3.63) is 35.7 Å². The number of nitriles is 1. The number of benzene rings is 1. The fourth-order valence-electron chi connectivity index (χ4n) is 2.39. The average Bonchev–Trinajstić information content (AvgIpc) is 2.92. The highest BCUT2D eigenvalue weighted by molar-refractivity contribution is 5.48. The first-order chi connectivity index (χ1) is 9.76. The van der Waals surface area contributed by atoms with Crippen LogP contribution in [0.4, 0.5) is 0 Å². The molecular formula is C15H18N4O. The molecule has 0 unspecified atom stereocenters. The summed E-state index contributed by atoms with van der Waals surface area (Å²) < 4.78 is 7.10. The number of hydrogen-bond donors (Lipinski definition) is 0. The summed E-state index contributed by atoms with van der Waals surface area (Å²) in [6.45, 7) is 4.21. The van der Waals surface area contributed by atoms with Crippen molar-refractivity contribution >= 4 is 0 Å². The molecule has 0 fully saturated rings. The molecule has 0 radical (unpaired) electrons. The third kappa shape index (κ3) is 2.37. The van der Waals surface area contributed by atoms with Crippen LogP contribution in [0.15, 0.2) is 24.3 Å². The Morgan fingerprint density at radius 3 is 2.60 bits per heavy atom. The van der Waals surface area contributed by atoms with E-state index in [9.17, 15) is 5.26 Å². The van der Waals surface area contributed by atoms with Crippen molar-refractivity contribution in [3.8, 4) is 17.5 Å². The Morgan fingerprint density at radius 2 is 2.00 bits per heavy atom. The maximum Gasteiger partial charge on any atom is 0.186 e. The number of aromatic nitrogens is 3. The summed E-state index contributed by atoms with van der Waals surface area (Å²) in [6, 6.07) is 9.75. The molecule has 1 heterocycles. The van der Waals surface area contributed by atoms with Crippen LogP contribution in [0.3, 0.4) is 0 Å². The molecule has 104 valence electrons. The lowest BCUT2D eigenvalue weighted by Crippen LogP contribution is -2.09. The SMILES string of the molecule is CCC(CC)c1c(C#N)nnn1-c1ccccc1OC. The highest BCUT2D eigenvalue weighted by Crippen LogP contribution is 2.30. The Bertz CT molecular complexity index is 623. The number of nitrogens with zero attached hydrogens (tertiary/aromatic N) is 4. The Labute approximate surface area is 118 Å². The van der Waals surface area contributed by atoms with Gasteiger partial charge in [0.25, 0.3) is 0 Å². The van der Waals surface area contributed by atoms with Gasteiger partial charge in [-0.1, -0.05) is 31.2 Å². The van der Waals surface area contributed by atoms with Crippen molar-refractivity contribution in [1.29, 1.82) is 5.26 Å². The lowest BCUT2D eigenvalue weighted by molar-refractivity contribution is 0.410. The van der Waals surface area contributed by atoms with E-state index < -0.39 is 0 Å². The summed E-state index contributed by atoms with van der Waals surface area (Å²) in [6.07, 6.45) is 1.88. The summed E-state index contributed by atoms with van der Waals surface area (Å²) in [5.74, 6) is 0.971. The minimum absolute atomic E-state index is 0.254. The van der Waals surface area contributed by atoms with Crippen molar-refractivity contribution in [2.24, 2.45) is 0 Å². The molecule has 0 amide bonds. The minimum atomic E-state index is 0.254. The maximum atomic E-state index is 9.25. The van der Waals surface area contributed by atoms with Gasteiger partial charge in [0.05, 0.1) is 12.8 Å². The van der Waals surface area contributed by atoms with E-state index in [0.717, 1.165) is 24.2 Å². The normalized spacial score (nSPS) is 10.6. The second-order valence-electron chi connectivity index (χ2n) is 4.53. The highest BCUT2D eigenvalue weighted by atomic mass is 16.5. The van der Waals surface area contributed by atoms with E-state index in [-0.39, 0.29) is 5.92 Å². The van der Waals surface area contributed by atoms with Crippen LogP contribution >= 0.6 is 0 Å². The zero-order chi connectivity index (χ0) is 14.5. The minimum Gasteiger partial charge on any atom is -0.494 e. The van der Waals surface area contributed by atoms with E-state index in [2.05, 4.69) is 30.2 Å². The summed E-state index contributed by atoms with van der Waals surface area (Å²) in [5, 5.41) is 17.4. The molecule has 5 heteroatoms. The Morgan fingerprint density at radius 1 is 1.30 bits per heavy atom. The molecule has 5 nitrogen and oxygen atoms in total. The Balaban J connectivity index is 2.63. The van der Waals surface area contributed by atoms with Gasteiger partial charge < -0.3 is 4.74 Å². The van der Waals surface area contributed by atoms with Crippen LogP contribution in [-0.2, 0) is 0 Å². The predicted octanol–water partition coefficient (Wildman–Crippen LogP) is 3.05. The quantitative estimate of drug-likeness (QED) is 0.837. The molecule has 0 atom stereocenters. The molecule has 0 bridgehead atoms. The molecule has 2 rings (SSSR count). The molecule has 0 saturated heterocycles. The van der Waals surface area contributed by atoms with E-state index in [0.29, 0.717) is 11.4 Å². The van der Waals surface area contributed by atoms with Crippen molar-refractivity contribution in [3.63, 3.8) is 0 Å². The fourth-order valence-corrected chi connectivity index (χ4v) is 2.39. The van der Waals surface area contributed by atoms with Crippen molar-refractivity contribution in [2.75, 3.05) is 7.11 Å². The smallest absolute Gasteiger partial charge is 0.186 e. The third-order valence-electron chi connectivity index (χ3n) is 3.50. The first-order valence-electron chi connectivity index (χ1n) is 6.75. The fraction of sp³-hybridized carbons (Fsp3) is 0.400. The van der Waals surface area contributed by atoms with Gasteiger partial charge in [0.15, 0.2) is 5.69 Å². The first-order valence-corrected chi connectivity index (χ1v) is 6.75. The average molecular weight is 270 g/mol. The predicted molar refractivity (Wildman–Crippen MR) is 75.9 cm³/mol. The van der Waals surface area contributed by atoms with Crippen LogP contribution in [0, 0.1) is 11.3 Å². The van der Waals surface area contributed by atoms with Crippen LogP contribution in [0.25, 0.3) is 5.69 Å². The van der Waals surface area contributed by atoms with Gasteiger partial charge in [0.1, 0.15) is 17.5 Å². The summed E-state index contributed by atoms with van der Waals surface area (Å²) in [7, 11) is 1.62. The van der Waals surface area contributed by atoms with Gasteiger partial charge in [-0.25, -0.2) is 4.68 Å². The van der Waals surface area contributed by atoms with Gasteiger partial charge in [-0.15, -0.1) is 5.10 Å². The third-order valence-corrected chi connectivity index (χ3v) is 3.50. The van der Waals surface area contributed by atoms with E-state index >= 15 is 0 Å². The van der Waals surface area contributed by atoms with E-state index in [1.54, 1.807) is 11.8 Å². The zero-order valence-electron chi connectivity index (χ0n) is 12.0. The number of ether oxygens (including phenoxy) is 1. The molecule has 0 aliphatic carbocycles. The van der Waals surface area contributed by atoms with Gasteiger partial charge in [-0.3, -0.25) is 0 Å². The van der Waals surface area contributed by atoms with Crippen molar-refractivity contribution in [1.82, 2.24) is 15.0 Å². The number of rotatable bonds is 5. The molecule has 20 heavy (non-hydrogen) atoms. The molecule has 0 saturated carbocycles. The van der Waals surface area contributed by atoms with Crippen LogP contribution in [0.2, 0.25) is 0 Å². The molecule has 1 aromatic heterocycles. The molecule has 0 N–H and O–H groups in total. The first kappa shape index (κ1) is 14.1. The molecule has 0 aliphatic rings. The number of para-hydroxylation sites is 2. The molecule has 1 aromatic carbocycles. The van der Waals surface area contributed by atoms with Crippen molar-refractivity contribution < 1.29 is 4.74 Å². The second kappa shape index (κ2) is 6.20. The van der Waals surface area contributed by atoms with E-state index in [1.807, 2.05) is 24.3 Å². The second-order valence-corrected chi connectivity index (χ2v) is 4.53. The van der Waals surface area contributed by atoms with Gasteiger partial charge in [-0.05, 0) is 25.0 Å². The van der Waals surface area contributed by atoms with Gasteiger partial charge in [-0.2, -0.15) is 5.26 Å². The molecule has 2 aromatic rings. The number of methoxy groups -OCH3 is 1. The van der Waals surface area contributed by atoms with Gasteiger partial charge in [0.2, 0.25) is 0 Å². The van der Waals surface area contributed by atoms with Crippen LogP contribution in [-0.4, -0.2) is 22.1 Å². The van der Waals surface area contributed by atoms with Gasteiger partial charge in [0, 0.05) is 5.92 Å². The van der Waals surface area contributed by atoms with Crippen LogP contribution in [0.1, 0.15) is 44.0 Å². The van der Waals surface area contributed by atoms with Crippen molar-refractivity contribution in [2.45, 2.75) is 32.6 Å². The Hall–Kier alpha value is -2.35. The topological polar surface area (TPSA) is 63.7 Å². The summed E-state index contributed by atoms with van der Waals surface area (Å²) >= 11 is 0.